The molecule has 0 radical (unpaired) electrons. The van der Waals surface area contributed by atoms with Crippen LogP contribution in [0.25, 0.3) is 0 Å². The molecule has 0 fully saturated rings. The van der Waals surface area contributed by atoms with Crippen molar-refractivity contribution in [1.82, 2.24) is 0 Å². The number of hydrogen-bond donors (Lipinski definition) is 1. The second-order valence-corrected chi connectivity index (χ2v) is 6.42. The summed E-state index contributed by atoms with van der Waals surface area (Å²) in [6.07, 6.45) is 0. The second-order valence-electron chi connectivity index (χ2n) is 3.41. The predicted molar refractivity (Wildman–Crippen MR) is 63.5 cm³/mol. The number of nitrogens with one attached hydrogen (secondary N) is 1. The van der Waals surface area contributed by atoms with Gasteiger partial charge in [-0.3, -0.25) is 4.79 Å². The summed E-state index contributed by atoms with van der Waals surface area (Å²) in [6, 6.07) is 6.11. The number of benzene rings is 1. The number of hydrogen-bond acceptors (Lipinski definition) is 5. The number of fused-ring (bicyclic) bond motifs is 1. The summed E-state index contributed by atoms with van der Waals surface area (Å²) in [5, 5.41) is 11.0. The Bertz CT molecular complexity index is 617. The highest BCUT2D eigenvalue weighted by Gasteiger charge is 2.20. The number of carbonyl (C=O) groups is 1. The molecule has 2 rings (SSSR count). The third kappa shape index (κ3) is 2.43. The average Bonchev–Trinajstić information content (AvgIpc) is 2.28. The molecule has 0 saturated heterocycles. The Kier molecular flexibility index (Phi) is 3.09. The fourth-order valence-corrected chi connectivity index (χ4v) is 3.12. The van der Waals surface area contributed by atoms with Crippen LogP contribution in [0.15, 0.2) is 28.0 Å². The van der Waals surface area contributed by atoms with Gasteiger partial charge >= 0.3 is 0 Å². The zero-order chi connectivity index (χ0) is 12.5. The van der Waals surface area contributed by atoms with E-state index in [0.29, 0.717) is 11.4 Å². The van der Waals surface area contributed by atoms with Crippen molar-refractivity contribution < 1.29 is 13.2 Å². The molecular weight excluding hydrogens is 260 g/mol. The first kappa shape index (κ1) is 12.0. The van der Waals surface area contributed by atoms with Crippen LogP contribution in [0.3, 0.4) is 0 Å². The van der Waals surface area contributed by atoms with Gasteiger partial charge in [0.15, 0.2) is 9.84 Å². The summed E-state index contributed by atoms with van der Waals surface area (Å²) in [4.78, 5) is 12.1. The molecule has 0 unspecified atom stereocenters. The summed E-state index contributed by atoms with van der Waals surface area (Å²) < 4.78 is 23.3. The SMILES string of the molecule is N#CCS(=O)(=O)c1ccc2c(c1)NC(=O)CS2. The smallest absolute Gasteiger partial charge is 0.234 e. The molecule has 0 spiro atoms. The van der Waals surface area contributed by atoms with Crippen molar-refractivity contribution in [2.24, 2.45) is 0 Å². The molecule has 0 saturated carbocycles. The van der Waals surface area contributed by atoms with E-state index in [4.69, 9.17) is 5.26 Å². The van der Waals surface area contributed by atoms with Crippen molar-refractivity contribution in [2.45, 2.75) is 9.79 Å². The second kappa shape index (κ2) is 4.39. The molecule has 88 valence electrons. The Morgan fingerprint density at radius 1 is 1.47 bits per heavy atom. The molecule has 1 amide bonds. The lowest BCUT2D eigenvalue weighted by Crippen LogP contribution is -2.19. The van der Waals surface area contributed by atoms with Crippen LogP contribution in [0.2, 0.25) is 0 Å². The molecular formula is C10H8N2O3S2. The molecule has 1 aliphatic rings. The Hall–Kier alpha value is -1.52. The highest BCUT2D eigenvalue weighted by molar-refractivity contribution is 8.00. The Balaban J connectivity index is 2.44. The van der Waals surface area contributed by atoms with Gasteiger partial charge in [-0.1, -0.05) is 0 Å². The zero-order valence-electron chi connectivity index (χ0n) is 8.63. The van der Waals surface area contributed by atoms with Gasteiger partial charge < -0.3 is 5.32 Å². The summed E-state index contributed by atoms with van der Waals surface area (Å²) in [7, 11) is -3.58. The molecule has 1 aromatic carbocycles. The first-order chi connectivity index (χ1) is 8.03. The summed E-state index contributed by atoms with van der Waals surface area (Å²) in [5.41, 5.74) is 0.491. The van der Waals surface area contributed by atoms with E-state index >= 15 is 0 Å². The molecule has 0 atom stereocenters. The molecule has 1 N–H and O–H groups in total. The summed E-state index contributed by atoms with van der Waals surface area (Å²) >= 11 is 1.36. The van der Waals surface area contributed by atoms with Gasteiger partial charge in [0, 0.05) is 4.90 Å². The van der Waals surface area contributed by atoms with Gasteiger partial charge in [0.2, 0.25) is 5.91 Å². The summed E-state index contributed by atoms with van der Waals surface area (Å²) in [6.45, 7) is 0. The van der Waals surface area contributed by atoms with E-state index in [0.717, 1.165) is 4.90 Å². The van der Waals surface area contributed by atoms with Crippen LogP contribution < -0.4 is 5.32 Å². The molecule has 1 aromatic rings. The van der Waals surface area contributed by atoms with Crippen LogP contribution in [-0.2, 0) is 14.6 Å². The molecule has 7 heteroatoms. The predicted octanol–water partition coefficient (Wildman–Crippen LogP) is 1.03. The number of nitriles is 1. The Labute approximate surface area is 103 Å². The first-order valence-corrected chi connectivity index (χ1v) is 7.33. The van der Waals surface area contributed by atoms with Crippen molar-refractivity contribution in [3.8, 4) is 6.07 Å². The topological polar surface area (TPSA) is 87.0 Å². The fourth-order valence-electron chi connectivity index (χ4n) is 1.42. The molecule has 1 heterocycles. The Morgan fingerprint density at radius 3 is 2.94 bits per heavy atom. The lowest BCUT2D eigenvalue weighted by atomic mass is 10.3. The van der Waals surface area contributed by atoms with Gasteiger partial charge in [-0.15, -0.1) is 11.8 Å². The third-order valence-corrected chi connectivity index (χ3v) is 4.75. The normalized spacial score (nSPS) is 14.6. The standard InChI is InChI=1S/C10H8N2O3S2/c11-3-4-17(14,15)7-1-2-9-8(5-7)12-10(13)6-16-9/h1-2,5H,4,6H2,(H,12,13). The lowest BCUT2D eigenvalue weighted by molar-refractivity contribution is -0.113. The lowest BCUT2D eigenvalue weighted by Gasteiger charge is -2.16. The van der Waals surface area contributed by atoms with Crippen molar-refractivity contribution in [3.05, 3.63) is 18.2 Å². The van der Waals surface area contributed by atoms with Gasteiger partial charge in [0.25, 0.3) is 0 Å². The Morgan fingerprint density at radius 2 is 2.24 bits per heavy atom. The molecule has 0 bridgehead atoms. The van der Waals surface area contributed by atoms with Crippen molar-refractivity contribution in [2.75, 3.05) is 16.8 Å². The number of sulfone groups is 1. The molecule has 17 heavy (non-hydrogen) atoms. The van der Waals surface area contributed by atoms with Gasteiger partial charge in [-0.25, -0.2) is 8.42 Å². The maximum absolute atomic E-state index is 11.7. The van der Waals surface area contributed by atoms with Crippen molar-refractivity contribution in [3.63, 3.8) is 0 Å². The van der Waals surface area contributed by atoms with Crippen molar-refractivity contribution in [1.29, 1.82) is 5.26 Å². The van der Waals surface area contributed by atoms with E-state index in [-0.39, 0.29) is 10.8 Å². The van der Waals surface area contributed by atoms with E-state index in [9.17, 15) is 13.2 Å². The number of carbonyl (C=O) groups excluding carboxylic acids is 1. The molecule has 5 nitrogen and oxygen atoms in total. The first-order valence-electron chi connectivity index (χ1n) is 4.69. The van der Waals surface area contributed by atoms with Gasteiger partial charge in [-0.05, 0) is 18.2 Å². The number of thioether (sulfide) groups is 1. The third-order valence-electron chi connectivity index (χ3n) is 2.20. The fraction of sp³-hybridized carbons (Fsp3) is 0.200. The van der Waals surface area contributed by atoms with E-state index in [2.05, 4.69) is 5.32 Å². The van der Waals surface area contributed by atoms with Crippen LogP contribution in [0.1, 0.15) is 0 Å². The zero-order valence-corrected chi connectivity index (χ0v) is 10.3. The molecule has 1 aliphatic heterocycles. The van der Waals surface area contributed by atoms with E-state index in [1.807, 2.05) is 0 Å². The average molecular weight is 268 g/mol. The van der Waals surface area contributed by atoms with Crippen LogP contribution in [0, 0.1) is 11.3 Å². The molecule has 0 aromatic heterocycles. The van der Waals surface area contributed by atoms with Crippen LogP contribution in [0.4, 0.5) is 5.69 Å². The van der Waals surface area contributed by atoms with Gasteiger partial charge in [0.05, 0.1) is 22.4 Å². The van der Waals surface area contributed by atoms with E-state index in [1.54, 1.807) is 12.1 Å². The largest absolute Gasteiger partial charge is 0.324 e. The monoisotopic (exact) mass is 268 g/mol. The minimum absolute atomic E-state index is 0.0561. The van der Waals surface area contributed by atoms with E-state index in [1.165, 1.54) is 23.9 Å². The van der Waals surface area contributed by atoms with Crippen LogP contribution in [0.5, 0.6) is 0 Å². The highest BCUT2D eigenvalue weighted by Crippen LogP contribution is 2.33. The van der Waals surface area contributed by atoms with E-state index < -0.39 is 15.6 Å². The molecule has 0 aliphatic carbocycles. The number of nitrogens with zero attached hydrogens (tertiary/aromatic N) is 1. The maximum Gasteiger partial charge on any atom is 0.234 e. The van der Waals surface area contributed by atoms with Crippen LogP contribution >= 0.6 is 11.8 Å². The minimum Gasteiger partial charge on any atom is -0.324 e. The number of amides is 1. The number of anilines is 1. The number of rotatable bonds is 2. The van der Waals surface area contributed by atoms with Crippen molar-refractivity contribution >= 4 is 33.2 Å². The highest BCUT2D eigenvalue weighted by atomic mass is 32.2. The van der Waals surface area contributed by atoms with Gasteiger partial charge in [-0.2, -0.15) is 5.26 Å². The van der Waals surface area contributed by atoms with Gasteiger partial charge in [0.1, 0.15) is 5.75 Å². The minimum atomic E-state index is -3.58. The van der Waals surface area contributed by atoms with Crippen LogP contribution in [-0.4, -0.2) is 25.8 Å². The maximum atomic E-state index is 11.7. The summed E-state index contributed by atoms with van der Waals surface area (Å²) in [5.74, 6) is -0.387. The quantitative estimate of drug-likeness (QED) is 0.865.